The van der Waals surface area contributed by atoms with Gasteiger partial charge in [-0.05, 0) is 42.5 Å². The van der Waals surface area contributed by atoms with Crippen molar-refractivity contribution in [2.75, 3.05) is 5.75 Å². The molecule has 10 heteroatoms. The van der Waals surface area contributed by atoms with Gasteiger partial charge in [0.2, 0.25) is 0 Å². The molecular formula is C23H16Cl3N5OS. The summed E-state index contributed by atoms with van der Waals surface area (Å²) in [5, 5.41) is 14.6. The zero-order chi connectivity index (χ0) is 23.2. The predicted octanol–water partition coefficient (Wildman–Crippen LogP) is 6.14. The number of halogens is 3. The number of carbonyl (C=O) groups is 1. The first-order chi connectivity index (χ1) is 16.0. The number of para-hydroxylation sites is 1. The fourth-order valence-electron chi connectivity index (χ4n) is 2.92. The van der Waals surface area contributed by atoms with Crippen LogP contribution in [0.25, 0.3) is 17.1 Å². The van der Waals surface area contributed by atoms with Gasteiger partial charge in [-0.2, -0.15) is 5.10 Å². The minimum atomic E-state index is -0.301. The van der Waals surface area contributed by atoms with Crippen LogP contribution in [0.3, 0.4) is 0 Å². The van der Waals surface area contributed by atoms with Crippen molar-refractivity contribution in [3.63, 3.8) is 0 Å². The molecule has 3 aromatic carbocycles. The average Bonchev–Trinajstić information content (AvgIpc) is 3.25. The maximum Gasteiger partial charge on any atom is 0.250 e. The van der Waals surface area contributed by atoms with Crippen LogP contribution in [-0.4, -0.2) is 32.6 Å². The van der Waals surface area contributed by atoms with E-state index in [0.29, 0.717) is 31.6 Å². The number of carbonyl (C=O) groups excluding carboxylic acids is 1. The van der Waals surface area contributed by atoms with Gasteiger partial charge in [0.15, 0.2) is 11.0 Å². The van der Waals surface area contributed by atoms with Crippen molar-refractivity contribution in [2.45, 2.75) is 5.16 Å². The molecule has 0 saturated heterocycles. The van der Waals surface area contributed by atoms with Crippen molar-refractivity contribution < 1.29 is 4.79 Å². The number of amides is 1. The van der Waals surface area contributed by atoms with E-state index in [4.69, 9.17) is 34.8 Å². The monoisotopic (exact) mass is 515 g/mol. The normalized spacial score (nSPS) is 11.1. The van der Waals surface area contributed by atoms with Crippen LogP contribution < -0.4 is 5.43 Å². The van der Waals surface area contributed by atoms with E-state index in [1.165, 1.54) is 18.0 Å². The summed E-state index contributed by atoms with van der Waals surface area (Å²) in [5.74, 6) is 0.436. The Hall–Kier alpha value is -2.84. The van der Waals surface area contributed by atoms with E-state index >= 15 is 0 Å². The Kier molecular flexibility index (Phi) is 7.67. The molecule has 1 N–H and O–H groups in total. The summed E-state index contributed by atoms with van der Waals surface area (Å²) in [6.07, 6.45) is 1.45. The van der Waals surface area contributed by atoms with E-state index in [9.17, 15) is 4.79 Å². The summed E-state index contributed by atoms with van der Waals surface area (Å²) >= 11 is 19.4. The number of benzene rings is 3. The Morgan fingerprint density at radius 2 is 1.73 bits per heavy atom. The first kappa shape index (κ1) is 23.3. The highest BCUT2D eigenvalue weighted by Gasteiger charge is 2.17. The second kappa shape index (κ2) is 10.9. The molecule has 0 saturated carbocycles. The summed E-state index contributed by atoms with van der Waals surface area (Å²) < 4.78 is 1.90. The molecule has 0 aliphatic rings. The molecule has 0 aliphatic carbocycles. The standard InChI is InChI=1S/C23H16Cl3N5OS/c24-17-11-9-15(10-12-17)22-29-30-23(31(22)18-6-2-1-3-7-18)33-14-20(32)28-27-13-16-5-4-8-19(25)21(16)26/h1-13H,14H2,(H,28,32)/b27-13+. The fourth-order valence-corrected chi connectivity index (χ4v) is 4.14. The average molecular weight is 517 g/mol. The SMILES string of the molecule is O=C(CSc1nnc(-c2ccc(Cl)cc2)n1-c1ccccc1)N/N=C/c1cccc(Cl)c1Cl. The van der Waals surface area contributed by atoms with Gasteiger partial charge in [-0.1, -0.05) is 76.9 Å². The second-order valence-corrected chi connectivity index (χ2v) is 8.87. The van der Waals surface area contributed by atoms with Gasteiger partial charge in [0, 0.05) is 21.8 Å². The Morgan fingerprint density at radius 3 is 2.48 bits per heavy atom. The smallest absolute Gasteiger partial charge is 0.250 e. The van der Waals surface area contributed by atoms with Gasteiger partial charge in [-0.3, -0.25) is 9.36 Å². The van der Waals surface area contributed by atoms with Crippen LogP contribution in [-0.2, 0) is 4.79 Å². The molecule has 0 unspecified atom stereocenters. The lowest BCUT2D eigenvalue weighted by atomic mass is 10.2. The van der Waals surface area contributed by atoms with Crippen LogP contribution in [0.2, 0.25) is 15.1 Å². The van der Waals surface area contributed by atoms with Gasteiger partial charge in [-0.15, -0.1) is 10.2 Å². The minimum absolute atomic E-state index is 0.0895. The molecule has 33 heavy (non-hydrogen) atoms. The van der Waals surface area contributed by atoms with Gasteiger partial charge >= 0.3 is 0 Å². The second-order valence-electron chi connectivity index (χ2n) is 6.71. The first-order valence-electron chi connectivity index (χ1n) is 9.68. The number of nitrogens with one attached hydrogen (secondary N) is 1. The van der Waals surface area contributed by atoms with Crippen molar-refractivity contribution in [1.29, 1.82) is 0 Å². The summed E-state index contributed by atoms with van der Waals surface area (Å²) in [6, 6.07) is 22.2. The number of hydrogen-bond acceptors (Lipinski definition) is 5. The molecule has 1 aromatic heterocycles. The lowest BCUT2D eigenvalue weighted by Crippen LogP contribution is -2.20. The molecule has 4 rings (SSSR count). The van der Waals surface area contributed by atoms with E-state index in [-0.39, 0.29) is 11.7 Å². The van der Waals surface area contributed by atoms with Gasteiger partial charge in [-0.25, -0.2) is 5.43 Å². The van der Waals surface area contributed by atoms with Gasteiger partial charge in [0.1, 0.15) is 0 Å². The zero-order valence-electron chi connectivity index (χ0n) is 17.0. The Morgan fingerprint density at radius 1 is 0.970 bits per heavy atom. The Balaban J connectivity index is 1.50. The minimum Gasteiger partial charge on any atom is -0.272 e. The largest absolute Gasteiger partial charge is 0.272 e. The van der Waals surface area contributed by atoms with Crippen molar-refractivity contribution in [3.05, 3.63) is 93.4 Å². The Labute approximate surface area is 209 Å². The van der Waals surface area contributed by atoms with Crippen molar-refractivity contribution in [2.24, 2.45) is 5.10 Å². The van der Waals surface area contributed by atoms with Crippen LogP contribution >= 0.6 is 46.6 Å². The maximum atomic E-state index is 12.3. The molecule has 6 nitrogen and oxygen atoms in total. The molecule has 0 bridgehead atoms. The van der Waals surface area contributed by atoms with E-state index in [2.05, 4.69) is 20.7 Å². The fraction of sp³-hybridized carbons (Fsp3) is 0.0435. The van der Waals surface area contributed by atoms with Crippen molar-refractivity contribution in [3.8, 4) is 17.1 Å². The number of hydrazone groups is 1. The van der Waals surface area contributed by atoms with Crippen LogP contribution in [0.5, 0.6) is 0 Å². The third-order valence-corrected chi connectivity index (χ3v) is 6.47. The lowest BCUT2D eigenvalue weighted by molar-refractivity contribution is -0.118. The number of aromatic nitrogens is 3. The summed E-state index contributed by atoms with van der Waals surface area (Å²) in [4.78, 5) is 12.3. The number of rotatable bonds is 7. The highest BCUT2D eigenvalue weighted by atomic mass is 35.5. The van der Waals surface area contributed by atoms with Gasteiger partial charge < -0.3 is 0 Å². The molecule has 166 valence electrons. The molecule has 1 amide bonds. The molecule has 0 fully saturated rings. The van der Waals surface area contributed by atoms with E-state index in [1.54, 1.807) is 30.3 Å². The van der Waals surface area contributed by atoms with Crippen LogP contribution in [0.1, 0.15) is 5.56 Å². The number of thioether (sulfide) groups is 1. The highest BCUT2D eigenvalue weighted by molar-refractivity contribution is 7.99. The molecule has 0 radical (unpaired) electrons. The van der Waals surface area contributed by atoms with E-state index < -0.39 is 0 Å². The third kappa shape index (κ3) is 5.75. The van der Waals surface area contributed by atoms with E-state index in [0.717, 1.165) is 11.3 Å². The van der Waals surface area contributed by atoms with Crippen molar-refractivity contribution >= 4 is 58.7 Å². The number of nitrogens with zero attached hydrogens (tertiary/aromatic N) is 4. The lowest BCUT2D eigenvalue weighted by Gasteiger charge is -2.10. The molecular weight excluding hydrogens is 501 g/mol. The predicted molar refractivity (Wildman–Crippen MR) is 135 cm³/mol. The van der Waals surface area contributed by atoms with Crippen LogP contribution in [0, 0.1) is 0 Å². The first-order valence-corrected chi connectivity index (χ1v) is 11.8. The van der Waals surface area contributed by atoms with Gasteiger partial charge in [0.05, 0.1) is 22.0 Å². The van der Waals surface area contributed by atoms with E-state index in [1.807, 2.05) is 47.0 Å². The number of hydrogen-bond donors (Lipinski definition) is 1. The van der Waals surface area contributed by atoms with Crippen molar-refractivity contribution in [1.82, 2.24) is 20.2 Å². The molecule has 4 aromatic rings. The summed E-state index contributed by atoms with van der Waals surface area (Å²) in [6.45, 7) is 0. The third-order valence-electron chi connectivity index (χ3n) is 4.46. The van der Waals surface area contributed by atoms with Crippen LogP contribution in [0.4, 0.5) is 0 Å². The Bertz CT molecular complexity index is 1290. The molecule has 0 atom stereocenters. The van der Waals surface area contributed by atoms with Crippen LogP contribution in [0.15, 0.2) is 83.1 Å². The summed E-state index contributed by atoms with van der Waals surface area (Å²) in [5.41, 5.74) is 4.83. The zero-order valence-corrected chi connectivity index (χ0v) is 20.0. The topological polar surface area (TPSA) is 72.2 Å². The quantitative estimate of drug-likeness (QED) is 0.182. The molecule has 0 aliphatic heterocycles. The molecule has 0 spiro atoms. The van der Waals surface area contributed by atoms with Gasteiger partial charge in [0.25, 0.3) is 5.91 Å². The molecule has 1 heterocycles. The highest BCUT2D eigenvalue weighted by Crippen LogP contribution is 2.28. The maximum absolute atomic E-state index is 12.3. The summed E-state index contributed by atoms with van der Waals surface area (Å²) in [7, 11) is 0.